The molecule has 5 atom stereocenters. The number of carbonyl (C=O) groups is 1. The lowest BCUT2D eigenvalue weighted by Crippen LogP contribution is -2.54. The highest BCUT2D eigenvalue weighted by Crippen LogP contribution is 2.55. The van der Waals surface area contributed by atoms with E-state index in [-0.39, 0.29) is 11.8 Å². The van der Waals surface area contributed by atoms with Gasteiger partial charge in [0, 0.05) is 34.5 Å². The molecule has 4 aliphatic rings. The number of anilines is 1. The Bertz CT molecular complexity index is 752. The average Bonchev–Trinajstić information content (AvgIpc) is 3.15. The third-order valence-corrected chi connectivity index (χ3v) is 6.53. The van der Waals surface area contributed by atoms with Crippen molar-refractivity contribution in [3.63, 3.8) is 0 Å². The third-order valence-electron chi connectivity index (χ3n) is 6.07. The predicted molar refractivity (Wildman–Crippen MR) is 92.9 cm³/mol. The van der Waals surface area contributed by atoms with Gasteiger partial charge in [-0.1, -0.05) is 40.2 Å². The SMILES string of the molecule is O=C(O)[C@@H]1[C@@H]2CC=C[C@@H]2c2cc(Br)cc3c2N1C[C@H]1CC=C[C@@H]31. The highest BCUT2D eigenvalue weighted by Gasteiger charge is 2.49. The molecule has 3 nitrogen and oxygen atoms in total. The van der Waals surface area contributed by atoms with Gasteiger partial charge in [-0.25, -0.2) is 4.79 Å². The number of aliphatic carboxylic acids is 1. The van der Waals surface area contributed by atoms with Crippen molar-refractivity contribution in [2.45, 2.75) is 30.7 Å². The van der Waals surface area contributed by atoms with Crippen molar-refractivity contribution < 1.29 is 9.90 Å². The molecule has 1 aromatic carbocycles. The monoisotopic (exact) mass is 371 g/mol. The van der Waals surface area contributed by atoms with Crippen LogP contribution in [0.15, 0.2) is 40.9 Å². The average molecular weight is 372 g/mol. The number of allylic oxidation sites excluding steroid dienone is 4. The van der Waals surface area contributed by atoms with Gasteiger partial charge in [0.05, 0.1) is 0 Å². The Morgan fingerprint density at radius 3 is 2.61 bits per heavy atom. The van der Waals surface area contributed by atoms with Gasteiger partial charge in [0.25, 0.3) is 0 Å². The van der Waals surface area contributed by atoms with Crippen LogP contribution in [0.5, 0.6) is 0 Å². The van der Waals surface area contributed by atoms with E-state index < -0.39 is 12.0 Å². The summed E-state index contributed by atoms with van der Waals surface area (Å²) in [6, 6.07) is 4.01. The second-order valence-corrected chi connectivity index (χ2v) is 8.09. The van der Waals surface area contributed by atoms with Gasteiger partial charge in [-0.2, -0.15) is 0 Å². The first-order valence-electron chi connectivity index (χ1n) is 8.31. The Hall–Kier alpha value is -1.55. The number of carboxylic acids is 1. The molecule has 4 heteroatoms. The van der Waals surface area contributed by atoms with Crippen molar-refractivity contribution >= 4 is 27.6 Å². The smallest absolute Gasteiger partial charge is 0.326 e. The van der Waals surface area contributed by atoms with Gasteiger partial charge < -0.3 is 10.0 Å². The summed E-state index contributed by atoms with van der Waals surface area (Å²) in [5.74, 6) is 0.674. The molecule has 1 N–H and O–H groups in total. The summed E-state index contributed by atoms with van der Waals surface area (Å²) in [6.45, 7) is 0.861. The number of nitrogens with zero attached hydrogens (tertiary/aromatic N) is 1. The van der Waals surface area contributed by atoms with Crippen LogP contribution < -0.4 is 4.90 Å². The lowest BCUT2D eigenvalue weighted by Gasteiger charge is -2.49. The van der Waals surface area contributed by atoms with Crippen LogP contribution in [-0.4, -0.2) is 23.7 Å². The molecule has 0 radical (unpaired) electrons. The van der Waals surface area contributed by atoms with Gasteiger partial charge in [0.1, 0.15) is 6.04 Å². The molecule has 23 heavy (non-hydrogen) atoms. The first-order valence-corrected chi connectivity index (χ1v) is 9.10. The van der Waals surface area contributed by atoms with Crippen molar-refractivity contribution in [3.05, 3.63) is 52.0 Å². The molecule has 5 rings (SSSR count). The van der Waals surface area contributed by atoms with Crippen molar-refractivity contribution in [2.75, 3.05) is 11.4 Å². The second kappa shape index (κ2) is 4.73. The fourth-order valence-electron chi connectivity index (χ4n) is 5.21. The molecular weight excluding hydrogens is 354 g/mol. The Kier molecular flexibility index (Phi) is 2.85. The second-order valence-electron chi connectivity index (χ2n) is 7.17. The predicted octanol–water partition coefficient (Wildman–Crippen LogP) is 4.06. The van der Waals surface area contributed by atoms with Crippen molar-refractivity contribution in [2.24, 2.45) is 11.8 Å². The number of carboxylic acid groups (broad SMARTS) is 1. The molecule has 118 valence electrons. The van der Waals surface area contributed by atoms with Crippen LogP contribution in [0, 0.1) is 11.8 Å². The molecule has 0 amide bonds. The maximum Gasteiger partial charge on any atom is 0.326 e. The number of fused-ring (bicyclic) bond motifs is 4. The summed E-state index contributed by atoms with van der Waals surface area (Å²) in [4.78, 5) is 14.3. The Morgan fingerprint density at radius 1 is 1.13 bits per heavy atom. The Balaban J connectivity index is 1.78. The van der Waals surface area contributed by atoms with Crippen molar-refractivity contribution in [1.82, 2.24) is 0 Å². The minimum Gasteiger partial charge on any atom is -0.480 e. The fourth-order valence-corrected chi connectivity index (χ4v) is 5.70. The lowest BCUT2D eigenvalue weighted by atomic mass is 9.72. The number of halogens is 1. The third kappa shape index (κ3) is 1.78. The zero-order valence-electron chi connectivity index (χ0n) is 12.7. The molecule has 2 aliphatic carbocycles. The summed E-state index contributed by atoms with van der Waals surface area (Å²) in [6.07, 6.45) is 10.9. The molecule has 0 bridgehead atoms. The van der Waals surface area contributed by atoms with E-state index in [9.17, 15) is 9.90 Å². The maximum atomic E-state index is 12.1. The Morgan fingerprint density at radius 2 is 1.83 bits per heavy atom. The van der Waals surface area contributed by atoms with Gasteiger partial charge in [0.2, 0.25) is 0 Å². The van der Waals surface area contributed by atoms with Gasteiger partial charge in [-0.3, -0.25) is 0 Å². The van der Waals surface area contributed by atoms with Crippen LogP contribution in [0.25, 0.3) is 0 Å². The normalized spacial score (nSPS) is 35.9. The van der Waals surface area contributed by atoms with Crippen molar-refractivity contribution in [1.29, 1.82) is 0 Å². The van der Waals surface area contributed by atoms with E-state index in [1.165, 1.54) is 16.8 Å². The first kappa shape index (κ1) is 13.8. The van der Waals surface area contributed by atoms with E-state index in [1.54, 1.807) is 0 Å². The standard InChI is InChI=1S/C19H18BrNO2/c20-11-7-15-12-4-1-3-10(12)9-21-17(15)16(8-11)13-5-2-6-14(13)18(21)19(22)23/h1-2,4-5,7-8,10,12-14,18H,3,6,9H2,(H,22,23)/t10-,12-,13+,14-,18+/m1/s1. The maximum absolute atomic E-state index is 12.1. The lowest BCUT2D eigenvalue weighted by molar-refractivity contribution is -0.140. The number of rotatable bonds is 1. The van der Waals surface area contributed by atoms with E-state index in [1.807, 2.05) is 0 Å². The molecule has 0 fully saturated rings. The summed E-state index contributed by atoms with van der Waals surface area (Å²) in [5, 5.41) is 9.93. The van der Waals surface area contributed by atoms with Crippen molar-refractivity contribution in [3.8, 4) is 0 Å². The van der Waals surface area contributed by atoms with Crippen LogP contribution in [0.1, 0.15) is 35.8 Å². The van der Waals surface area contributed by atoms with Gasteiger partial charge in [-0.05, 0) is 42.0 Å². The van der Waals surface area contributed by atoms with Crippen LogP contribution in [0.2, 0.25) is 0 Å². The fraction of sp³-hybridized carbons (Fsp3) is 0.421. The number of hydrogen-bond donors (Lipinski definition) is 1. The van der Waals surface area contributed by atoms with E-state index >= 15 is 0 Å². The molecule has 0 saturated heterocycles. The molecular formula is C19H18BrNO2. The van der Waals surface area contributed by atoms with E-state index in [0.29, 0.717) is 11.8 Å². The van der Waals surface area contributed by atoms with E-state index in [4.69, 9.17) is 0 Å². The highest BCUT2D eigenvalue weighted by atomic mass is 79.9. The summed E-state index contributed by atoms with van der Waals surface area (Å²) >= 11 is 3.68. The summed E-state index contributed by atoms with van der Waals surface area (Å²) in [7, 11) is 0. The summed E-state index contributed by atoms with van der Waals surface area (Å²) < 4.78 is 1.11. The minimum absolute atomic E-state index is 0.160. The van der Waals surface area contributed by atoms with Crippen LogP contribution in [0.3, 0.4) is 0 Å². The van der Waals surface area contributed by atoms with Crippen LogP contribution in [0.4, 0.5) is 5.69 Å². The van der Waals surface area contributed by atoms with Gasteiger partial charge >= 0.3 is 5.97 Å². The topological polar surface area (TPSA) is 40.5 Å². The zero-order chi connectivity index (χ0) is 15.7. The van der Waals surface area contributed by atoms with Gasteiger partial charge in [-0.15, -0.1) is 0 Å². The molecule has 2 heterocycles. The van der Waals surface area contributed by atoms with Crippen LogP contribution >= 0.6 is 15.9 Å². The highest BCUT2D eigenvalue weighted by molar-refractivity contribution is 9.10. The minimum atomic E-state index is -0.673. The molecule has 0 unspecified atom stereocenters. The van der Waals surface area contributed by atoms with Gasteiger partial charge in [0.15, 0.2) is 0 Å². The molecule has 1 aromatic rings. The molecule has 0 spiro atoms. The summed E-state index contributed by atoms with van der Waals surface area (Å²) in [5.41, 5.74) is 3.81. The molecule has 2 aliphatic heterocycles. The Labute approximate surface area is 143 Å². The largest absolute Gasteiger partial charge is 0.480 e. The van der Waals surface area contributed by atoms with Crippen LogP contribution in [-0.2, 0) is 4.79 Å². The number of benzene rings is 1. The molecule has 0 aromatic heterocycles. The quantitative estimate of drug-likeness (QED) is 0.756. The van der Waals surface area contributed by atoms with E-state index in [2.05, 4.69) is 57.3 Å². The number of hydrogen-bond acceptors (Lipinski definition) is 2. The molecule has 0 saturated carbocycles. The zero-order valence-corrected chi connectivity index (χ0v) is 14.2. The van der Waals surface area contributed by atoms with E-state index in [0.717, 1.165) is 23.9 Å². The first-order chi connectivity index (χ1) is 11.1.